The second-order valence-electron chi connectivity index (χ2n) is 6.75. The molecule has 4 nitrogen and oxygen atoms in total. The highest BCUT2D eigenvalue weighted by atomic mass is 32.2. The summed E-state index contributed by atoms with van der Waals surface area (Å²) in [5, 5.41) is 5.89. The van der Waals surface area contributed by atoms with Crippen LogP contribution in [-0.4, -0.2) is 8.42 Å². The zero-order valence-corrected chi connectivity index (χ0v) is 17.4. The van der Waals surface area contributed by atoms with Crippen LogP contribution in [0.2, 0.25) is 0 Å². The van der Waals surface area contributed by atoms with Crippen molar-refractivity contribution < 1.29 is 8.42 Å². The van der Waals surface area contributed by atoms with Crippen molar-refractivity contribution in [3.05, 3.63) is 88.6 Å². The molecule has 1 aromatic heterocycles. The largest absolute Gasteiger partial charge is 0.288 e. The van der Waals surface area contributed by atoms with Gasteiger partial charge in [0.15, 0.2) is 5.43 Å². The molecular formula is C23H19NO3S2. The lowest BCUT2D eigenvalue weighted by atomic mass is 9.99. The van der Waals surface area contributed by atoms with Gasteiger partial charge in [0.25, 0.3) is 0 Å². The summed E-state index contributed by atoms with van der Waals surface area (Å²) < 4.78 is 24.1. The molecule has 6 heteroatoms. The van der Waals surface area contributed by atoms with Crippen LogP contribution in [0.4, 0.5) is 0 Å². The Morgan fingerprint density at radius 3 is 2.10 bits per heavy atom. The number of hydrogen-bond acceptors (Lipinski definition) is 4. The molecule has 0 fully saturated rings. The van der Waals surface area contributed by atoms with Crippen LogP contribution in [0.15, 0.2) is 82.5 Å². The lowest BCUT2D eigenvalue weighted by Gasteiger charge is -2.12. The zero-order chi connectivity index (χ0) is 20.6. The maximum Gasteiger partial charge on any atom is 0.238 e. The van der Waals surface area contributed by atoms with Crippen molar-refractivity contribution in [1.82, 2.24) is 0 Å². The number of sulfonamides is 1. The van der Waals surface area contributed by atoms with Crippen molar-refractivity contribution in [2.75, 3.05) is 0 Å². The molecule has 0 saturated heterocycles. The number of nitrogens with two attached hydrogens (primary N) is 1. The van der Waals surface area contributed by atoms with Gasteiger partial charge in [-0.1, -0.05) is 55.5 Å². The van der Waals surface area contributed by atoms with Crippen LogP contribution in [0, 0.1) is 0 Å². The molecule has 0 unspecified atom stereocenters. The average molecular weight is 422 g/mol. The highest BCUT2D eigenvalue weighted by Gasteiger charge is 2.17. The summed E-state index contributed by atoms with van der Waals surface area (Å²) in [7, 11) is -3.77. The quantitative estimate of drug-likeness (QED) is 0.514. The van der Waals surface area contributed by atoms with Crippen LogP contribution in [0.1, 0.15) is 12.5 Å². The maximum atomic E-state index is 13.4. The van der Waals surface area contributed by atoms with E-state index in [1.54, 1.807) is 12.1 Å². The first-order valence-corrected chi connectivity index (χ1v) is 11.5. The smallest absolute Gasteiger partial charge is 0.238 e. The Morgan fingerprint density at radius 2 is 1.48 bits per heavy atom. The van der Waals surface area contributed by atoms with Gasteiger partial charge in [-0.2, -0.15) is 0 Å². The van der Waals surface area contributed by atoms with Crippen LogP contribution in [0.5, 0.6) is 0 Å². The molecule has 0 atom stereocenters. The van der Waals surface area contributed by atoms with Gasteiger partial charge in [0.2, 0.25) is 10.0 Å². The minimum Gasteiger partial charge on any atom is -0.288 e. The monoisotopic (exact) mass is 421 g/mol. The fourth-order valence-electron chi connectivity index (χ4n) is 3.31. The number of benzene rings is 3. The minimum absolute atomic E-state index is 0.0332. The molecule has 0 bridgehead atoms. The van der Waals surface area contributed by atoms with Crippen LogP contribution < -0.4 is 10.6 Å². The summed E-state index contributed by atoms with van der Waals surface area (Å²) in [6, 6.07) is 21.9. The summed E-state index contributed by atoms with van der Waals surface area (Å²) in [6.07, 6.45) is 0.923. The van der Waals surface area contributed by atoms with Gasteiger partial charge in [-0.05, 0) is 47.4 Å². The lowest BCUT2D eigenvalue weighted by Crippen LogP contribution is -2.11. The Balaban J connectivity index is 2.00. The predicted octanol–water partition coefficient (Wildman–Crippen LogP) is 4.81. The van der Waals surface area contributed by atoms with E-state index in [2.05, 4.69) is 6.92 Å². The summed E-state index contributed by atoms with van der Waals surface area (Å²) in [5.74, 6) is 0. The van der Waals surface area contributed by atoms with Crippen molar-refractivity contribution in [3.63, 3.8) is 0 Å². The summed E-state index contributed by atoms with van der Waals surface area (Å²) in [6.45, 7) is 2.09. The van der Waals surface area contributed by atoms with E-state index in [1.807, 2.05) is 48.5 Å². The first-order valence-electron chi connectivity index (χ1n) is 9.17. The molecule has 0 radical (unpaired) electrons. The Bertz CT molecular complexity index is 1350. The molecule has 0 aliphatic carbocycles. The van der Waals surface area contributed by atoms with Gasteiger partial charge in [0.1, 0.15) is 0 Å². The first-order chi connectivity index (χ1) is 13.9. The van der Waals surface area contributed by atoms with Crippen LogP contribution >= 0.6 is 11.3 Å². The summed E-state index contributed by atoms with van der Waals surface area (Å²) in [5.41, 5.74) is 3.41. The highest BCUT2D eigenvalue weighted by Crippen LogP contribution is 2.37. The van der Waals surface area contributed by atoms with E-state index in [-0.39, 0.29) is 10.3 Å². The van der Waals surface area contributed by atoms with Crippen molar-refractivity contribution in [2.24, 2.45) is 5.14 Å². The van der Waals surface area contributed by atoms with Gasteiger partial charge in [0.05, 0.1) is 4.90 Å². The minimum atomic E-state index is -3.77. The maximum absolute atomic E-state index is 13.4. The molecule has 4 aromatic rings. The van der Waals surface area contributed by atoms with E-state index in [1.165, 1.54) is 29.0 Å². The van der Waals surface area contributed by atoms with E-state index in [0.29, 0.717) is 10.9 Å². The number of rotatable bonds is 4. The molecule has 0 aliphatic rings. The molecule has 29 heavy (non-hydrogen) atoms. The van der Waals surface area contributed by atoms with Crippen LogP contribution in [0.25, 0.3) is 31.7 Å². The molecule has 3 aromatic carbocycles. The van der Waals surface area contributed by atoms with Crippen molar-refractivity contribution in [1.29, 1.82) is 0 Å². The van der Waals surface area contributed by atoms with E-state index in [4.69, 9.17) is 5.14 Å². The Hall–Kier alpha value is -2.80. The summed E-state index contributed by atoms with van der Waals surface area (Å²) >= 11 is 1.52. The molecule has 0 aliphatic heterocycles. The molecule has 0 spiro atoms. The van der Waals surface area contributed by atoms with Crippen molar-refractivity contribution >= 4 is 31.4 Å². The second-order valence-corrected chi connectivity index (χ2v) is 9.36. The molecule has 1 heterocycles. The normalized spacial score (nSPS) is 11.7. The van der Waals surface area contributed by atoms with Crippen LogP contribution in [-0.2, 0) is 16.4 Å². The third kappa shape index (κ3) is 3.74. The third-order valence-electron chi connectivity index (χ3n) is 4.89. The highest BCUT2D eigenvalue weighted by molar-refractivity contribution is 7.89. The van der Waals surface area contributed by atoms with Gasteiger partial charge >= 0.3 is 0 Å². The number of hydrogen-bond donors (Lipinski definition) is 1. The fourth-order valence-corrected chi connectivity index (χ4v) is 5.03. The predicted molar refractivity (Wildman–Crippen MR) is 120 cm³/mol. The zero-order valence-electron chi connectivity index (χ0n) is 15.8. The Morgan fingerprint density at radius 1 is 0.862 bits per heavy atom. The average Bonchev–Trinajstić information content (AvgIpc) is 2.73. The SMILES string of the molecule is CCc1ccc(-c2c(-c3ccc(S(N)(=O)=O)cc3)sc3ccccc3c2=O)cc1. The van der Waals surface area contributed by atoms with Gasteiger partial charge in [-0.25, -0.2) is 13.6 Å². The molecule has 0 amide bonds. The first kappa shape index (κ1) is 19.5. The van der Waals surface area contributed by atoms with E-state index in [0.717, 1.165) is 27.1 Å². The van der Waals surface area contributed by atoms with Crippen molar-refractivity contribution in [3.8, 4) is 21.6 Å². The van der Waals surface area contributed by atoms with E-state index in [9.17, 15) is 13.2 Å². The summed E-state index contributed by atoms with van der Waals surface area (Å²) in [4.78, 5) is 14.2. The fraction of sp³-hybridized carbons (Fsp3) is 0.0870. The van der Waals surface area contributed by atoms with Gasteiger partial charge in [-0.3, -0.25) is 4.79 Å². The Kier molecular flexibility index (Phi) is 5.08. The molecule has 0 saturated carbocycles. The number of primary sulfonamides is 1. The van der Waals surface area contributed by atoms with Gasteiger partial charge in [-0.15, -0.1) is 11.3 Å². The molecule has 2 N–H and O–H groups in total. The van der Waals surface area contributed by atoms with E-state index < -0.39 is 10.0 Å². The molecule has 146 valence electrons. The Labute approximate surface area is 173 Å². The van der Waals surface area contributed by atoms with Crippen LogP contribution in [0.3, 0.4) is 0 Å². The lowest BCUT2D eigenvalue weighted by molar-refractivity contribution is 0.598. The number of aryl methyl sites for hydroxylation is 1. The second kappa shape index (κ2) is 7.55. The van der Waals surface area contributed by atoms with E-state index >= 15 is 0 Å². The molecular weight excluding hydrogens is 402 g/mol. The third-order valence-corrected chi connectivity index (χ3v) is 7.04. The molecule has 4 rings (SSSR count). The number of fused-ring (bicyclic) bond motifs is 1. The van der Waals surface area contributed by atoms with Gasteiger partial charge < -0.3 is 0 Å². The van der Waals surface area contributed by atoms with Crippen molar-refractivity contribution in [2.45, 2.75) is 18.2 Å². The van der Waals surface area contributed by atoms with Gasteiger partial charge in [0, 0.05) is 20.5 Å². The standard InChI is InChI=1S/C23H19NO3S2/c1-2-15-7-9-16(10-8-15)21-22(25)19-5-3-4-6-20(19)28-23(21)17-11-13-18(14-12-17)29(24,26)27/h3-14H,2H2,1H3,(H2,24,26,27). The topological polar surface area (TPSA) is 77.2 Å².